The van der Waals surface area contributed by atoms with E-state index < -0.39 is 0 Å². The van der Waals surface area contributed by atoms with Crippen molar-refractivity contribution in [1.29, 1.82) is 0 Å². The average Bonchev–Trinajstić information content (AvgIpc) is 3.32. The van der Waals surface area contributed by atoms with Crippen LogP contribution in [0.25, 0.3) is 10.2 Å². The number of carbonyl (C=O) groups excluding carboxylic acids is 1. The normalized spacial score (nSPS) is 21.6. The molecule has 0 saturated carbocycles. The van der Waals surface area contributed by atoms with Crippen LogP contribution in [-0.2, 0) is 9.47 Å². The highest BCUT2D eigenvalue weighted by Gasteiger charge is 2.28. The SMILES string of the molecule is CCOC(=O)c1sc2ncnc(NC3CCN(C4CCOC4)CC3)c2c1C. The number of nitrogens with one attached hydrogen (secondary N) is 1. The number of hydrogen-bond acceptors (Lipinski definition) is 8. The van der Waals surface area contributed by atoms with Crippen LogP contribution in [0.4, 0.5) is 5.82 Å². The van der Waals surface area contributed by atoms with Crippen molar-refractivity contribution < 1.29 is 14.3 Å². The second kappa shape index (κ2) is 8.08. The molecule has 146 valence electrons. The maximum absolute atomic E-state index is 12.2. The summed E-state index contributed by atoms with van der Waals surface area (Å²) in [6.07, 6.45) is 4.88. The first kappa shape index (κ1) is 18.6. The molecule has 0 bridgehead atoms. The Morgan fingerprint density at radius 1 is 1.37 bits per heavy atom. The van der Waals surface area contributed by atoms with Gasteiger partial charge in [-0.25, -0.2) is 14.8 Å². The van der Waals surface area contributed by atoms with E-state index in [0.717, 1.165) is 67.2 Å². The van der Waals surface area contributed by atoms with E-state index in [-0.39, 0.29) is 5.97 Å². The molecular weight excluding hydrogens is 364 g/mol. The molecule has 0 radical (unpaired) electrons. The summed E-state index contributed by atoms with van der Waals surface area (Å²) in [7, 11) is 0. The first-order chi connectivity index (χ1) is 13.2. The van der Waals surface area contributed by atoms with Gasteiger partial charge in [0.2, 0.25) is 0 Å². The molecule has 1 N–H and O–H groups in total. The van der Waals surface area contributed by atoms with Gasteiger partial charge in [0.1, 0.15) is 21.9 Å². The van der Waals surface area contributed by atoms with E-state index in [2.05, 4.69) is 20.2 Å². The number of carbonyl (C=O) groups is 1. The van der Waals surface area contributed by atoms with Crippen LogP contribution in [0.5, 0.6) is 0 Å². The van der Waals surface area contributed by atoms with Crippen molar-refractivity contribution in [3.8, 4) is 0 Å². The molecule has 7 nitrogen and oxygen atoms in total. The highest BCUT2D eigenvalue weighted by molar-refractivity contribution is 7.20. The van der Waals surface area contributed by atoms with Gasteiger partial charge in [0, 0.05) is 31.8 Å². The largest absolute Gasteiger partial charge is 0.462 e. The summed E-state index contributed by atoms with van der Waals surface area (Å²) >= 11 is 1.38. The molecule has 1 unspecified atom stereocenters. The van der Waals surface area contributed by atoms with Crippen LogP contribution in [0.3, 0.4) is 0 Å². The summed E-state index contributed by atoms with van der Waals surface area (Å²) in [6, 6.07) is 0.968. The number of likely N-dealkylation sites (tertiary alicyclic amines) is 1. The van der Waals surface area contributed by atoms with Crippen LogP contribution >= 0.6 is 11.3 Å². The Balaban J connectivity index is 1.48. The van der Waals surface area contributed by atoms with Gasteiger partial charge in [-0.1, -0.05) is 0 Å². The second-order valence-electron chi connectivity index (χ2n) is 7.15. The fraction of sp³-hybridized carbons (Fsp3) is 0.632. The average molecular weight is 391 g/mol. The Bertz CT molecular complexity index is 811. The van der Waals surface area contributed by atoms with Gasteiger partial charge < -0.3 is 14.8 Å². The van der Waals surface area contributed by atoms with Crippen LogP contribution in [0.2, 0.25) is 0 Å². The maximum Gasteiger partial charge on any atom is 0.348 e. The Hall–Kier alpha value is -1.77. The first-order valence-electron chi connectivity index (χ1n) is 9.67. The zero-order valence-corrected chi connectivity index (χ0v) is 16.7. The number of nitrogens with zero attached hydrogens (tertiary/aromatic N) is 3. The molecule has 2 saturated heterocycles. The number of thiophene rings is 1. The van der Waals surface area contributed by atoms with E-state index >= 15 is 0 Å². The summed E-state index contributed by atoms with van der Waals surface area (Å²) in [6.45, 7) is 8.05. The first-order valence-corrected chi connectivity index (χ1v) is 10.5. The Kier molecular flexibility index (Phi) is 5.56. The van der Waals surface area contributed by atoms with Crippen LogP contribution in [0, 0.1) is 6.92 Å². The number of aryl methyl sites for hydroxylation is 1. The van der Waals surface area contributed by atoms with Crippen molar-refractivity contribution in [1.82, 2.24) is 14.9 Å². The molecule has 1 atom stereocenters. The van der Waals surface area contributed by atoms with Crippen LogP contribution in [0.15, 0.2) is 6.33 Å². The minimum atomic E-state index is -0.281. The summed E-state index contributed by atoms with van der Waals surface area (Å²) in [5.41, 5.74) is 0.900. The van der Waals surface area contributed by atoms with E-state index in [1.54, 1.807) is 6.33 Å². The summed E-state index contributed by atoms with van der Waals surface area (Å²) < 4.78 is 10.7. The van der Waals surface area contributed by atoms with Gasteiger partial charge in [-0.2, -0.15) is 0 Å². The monoisotopic (exact) mass is 390 g/mol. The molecule has 8 heteroatoms. The smallest absolute Gasteiger partial charge is 0.348 e. The number of esters is 1. The molecule has 0 amide bonds. The van der Waals surface area contributed by atoms with Gasteiger partial charge >= 0.3 is 5.97 Å². The molecule has 0 spiro atoms. The predicted molar refractivity (Wildman–Crippen MR) is 106 cm³/mol. The minimum Gasteiger partial charge on any atom is -0.462 e. The lowest BCUT2D eigenvalue weighted by Gasteiger charge is -2.35. The zero-order valence-electron chi connectivity index (χ0n) is 15.9. The van der Waals surface area contributed by atoms with Crippen molar-refractivity contribution in [3.05, 3.63) is 16.8 Å². The maximum atomic E-state index is 12.2. The van der Waals surface area contributed by atoms with Gasteiger partial charge in [0.25, 0.3) is 0 Å². The topological polar surface area (TPSA) is 76.6 Å². The summed E-state index contributed by atoms with van der Waals surface area (Å²) in [4.78, 5) is 25.0. The van der Waals surface area contributed by atoms with E-state index in [0.29, 0.717) is 23.6 Å². The second-order valence-corrected chi connectivity index (χ2v) is 8.15. The number of ether oxygens (including phenoxy) is 2. The molecule has 2 aliphatic heterocycles. The Morgan fingerprint density at radius 2 is 2.19 bits per heavy atom. The van der Waals surface area contributed by atoms with E-state index in [1.165, 1.54) is 11.3 Å². The third-order valence-electron chi connectivity index (χ3n) is 5.48. The number of piperidine rings is 1. The lowest BCUT2D eigenvalue weighted by atomic mass is 10.0. The van der Waals surface area contributed by atoms with Crippen molar-refractivity contribution in [2.24, 2.45) is 0 Å². The van der Waals surface area contributed by atoms with Gasteiger partial charge in [-0.15, -0.1) is 11.3 Å². The van der Waals surface area contributed by atoms with Crippen LogP contribution < -0.4 is 5.32 Å². The lowest BCUT2D eigenvalue weighted by Crippen LogP contribution is -2.45. The van der Waals surface area contributed by atoms with Crippen molar-refractivity contribution in [3.63, 3.8) is 0 Å². The molecule has 2 aromatic rings. The van der Waals surface area contributed by atoms with Crippen LogP contribution in [0.1, 0.15) is 41.4 Å². The molecule has 0 aliphatic carbocycles. The number of aromatic nitrogens is 2. The Labute approximate surface area is 163 Å². The molecule has 2 aliphatic rings. The number of anilines is 1. The van der Waals surface area contributed by atoms with E-state index in [4.69, 9.17) is 9.47 Å². The predicted octanol–water partition coefficient (Wildman–Crippen LogP) is 2.84. The van der Waals surface area contributed by atoms with Gasteiger partial charge in [-0.3, -0.25) is 4.90 Å². The third kappa shape index (κ3) is 3.79. The summed E-state index contributed by atoms with van der Waals surface area (Å²) in [5, 5.41) is 4.55. The number of hydrogen-bond donors (Lipinski definition) is 1. The quantitative estimate of drug-likeness (QED) is 0.787. The standard InChI is InChI=1S/C19H26N4O3S/c1-3-26-19(24)16-12(2)15-17(20-11-21-18(15)27-16)22-13-4-7-23(8-5-13)14-6-9-25-10-14/h11,13-14H,3-10H2,1-2H3,(H,20,21,22). The van der Waals surface area contributed by atoms with Crippen LogP contribution in [-0.4, -0.2) is 65.8 Å². The van der Waals surface area contributed by atoms with Crippen molar-refractivity contribution >= 4 is 33.3 Å². The van der Waals surface area contributed by atoms with Gasteiger partial charge in [0.05, 0.1) is 18.6 Å². The van der Waals surface area contributed by atoms with E-state index in [9.17, 15) is 4.79 Å². The molecule has 4 heterocycles. The molecule has 27 heavy (non-hydrogen) atoms. The minimum absolute atomic E-state index is 0.281. The van der Waals surface area contributed by atoms with Gasteiger partial charge in [-0.05, 0) is 38.7 Å². The molecule has 0 aromatic carbocycles. The summed E-state index contributed by atoms with van der Waals surface area (Å²) in [5.74, 6) is 0.544. The number of rotatable bonds is 5. The third-order valence-corrected chi connectivity index (χ3v) is 6.66. The van der Waals surface area contributed by atoms with E-state index in [1.807, 2.05) is 13.8 Å². The lowest BCUT2D eigenvalue weighted by molar-refractivity contribution is 0.0531. The Morgan fingerprint density at radius 3 is 2.89 bits per heavy atom. The number of fused-ring (bicyclic) bond motifs is 1. The highest BCUT2D eigenvalue weighted by atomic mass is 32.1. The van der Waals surface area contributed by atoms with Gasteiger partial charge in [0.15, 0.2) is 0 Å². The zero-order chi connectivity index (χ0) is 18.8. The van der Waals surface area contributed by atoms with Crippen molar-refractivity contribution in [2.75, 3.05) is 38.2 Å². The molecular formula is C19H26N4O3S. The van der Waals surface area contributed by atoms with Crippen molar-refractivity contribution in [2.45, 2.75) is 45.2 Å². The molecule has 2 fully saturated rings. The fourth-order valence-corrected chi connectivity index (χ4v) is 5.03. The highest BCUT2D eigenvalue weighted by Crippen LogP contribution is 2.34. The molecule has 2 aromatic heterocycles. The molecule has 4 rings (SSSR count). The fourth-order valence-electron chi connectivity index (χ4n) is 3.98.